The number of hydrogen-bond acceptors (Lipinski definition) is 9. The Morgan fingerprint density at radius 1 is 1.23 bits per heavy atom. The van der Waals surface area contributed by atoms with Crippen molar-refractivity contribution in [1.82, 2.24) is 25.6 Å². The van der Waals surface area contributed by atoms with Gasteiger partial charge in [-0.3, -0.25) is 9.89 Å². The first kappa shape index (κ1) is 24.3. The van der Waals surface area contributed by atoms with Crippen LogP contribution in [-0.2, 0) is 6.61 Å². The third kappa shape index (κ3) is 5.47. The maximum atomic E-state index is 12.3. The van der Waals surface area contributed by atoms with E-state index in [4.69, 9.17) is 9.15 Å². The molecule has 0 atom stereocenters. The molecular weight excluding hydrogens is 477 g/mol. The molecule has 0 saturated heterocycles. The molecule has 1 N–H and O–H groups in total. The molecule has 5 aromatic rings. The molecule has 0 spiro atoms. The SMILES string of the molecule is N#Cc1c(-c2ccoc2)cc(-c2cccs2)nc1OCc1ccc(C(=O)Nc2nnn[n-]2)cc1.[Na+]. The number of nitriles is 1. The van der Waals surface area contributed by atoms with Crippen LogP contribution in [0.5, 0.6) is 5.88 Å². The van der Waals surface area contributed by atoms with E-state index in [1.807, 2.05) is 23.6 Å². The predicted octanol–water partition coefficient (Wildman–Crippen LogP) is 0.919. The summed E-state index contributed by atoms with van der Waals surface area (Å²) in [7, 11) is 0. The first-order valence-corrected chi connectivity index (χ1v) is 10.8. The van der Waals surface area contributed by atoms with Gasteiger partial charge in [-0.15, -0.1) is 16.6 Å². The molecule has 0 radical (unpaired) electrons. The molecule has 10 nitrogen and oxygen atoms in total. The van der Waals surface area contributed by atoms with Crippen molar-refractivity contribution in [1.29, 1.82) is 5.26 Å². The topological polar surface area (TPSA) is 141 Å². The van der Waals surface area contributed by atoms with Gasteiger partial charge < -0.3 is 14.5 Å². The number of furan rings is 1. The van der Waals surface area contributed by atoms with Crippen molar-refractivity contribution in [2.24, 2.45) is 0 Å². The molecule has 12 heteroatoms. The van der Waals surface area contributed by atoms with E-state index < -0.39 is 0 Å². The van der Waals surface area contributed by atoms with Crippen LogP contribution in [0.2, 0.25) is 0 Å². The smallest absolute Gasteiger partial charge is 0.472 e. The van der Waals surface area contributed by atoms with Gasteiger partial charge >= 0.3 is 29.6 Å². The van der Waals surface area contributed by atoms with Gasteiger partial charge in [-0.1, -0.05) is 30.3 Å². The van der Waals surface area contributed by atoms with Crippen LogP contribution in [0.4, 0.5) is 5.95 Å². The van der Waals surface area contributed by atoms with E-state index in [9.17, 15) is 10.1 Å². The Labute approximate surface area is 225 Å². The molecule has 5 rings (SSSR count). The molecule has 0 unspecified atom stereocenters. The summed E-state index contributed by atoms with van der Waals surface area (Å²) >= 11 is 1.54. The summed E-state index contributed by atoms with van der Waals surface area (Å²) in [6.07, 6.45) is 3.13. The first-order valence-electron chi connectivity index (χ1n) is 9.94. The zero-order valence-corrected chi connectivity index (χ0v) is 21.2. The van der Waals surface area contributed by atoms with Crippen LogP contribution in [0.1, 0.15) is 21.5 Å². The van der Waals surface area contributed by atoms with Crippen LogP contribution in [0.25, 0.3) is 21.7 Å². The molecule has 0 aliphatic heterocycles. The van der Waals surface area contributed by atoms with E-state index in [2.05, 4.69) is 37.0 Å². The third-order valence-electron chi connectivity index (χ3n) is 4.84. The van der Waals surface area contributed by atoms with Gasteiger partial charge in [0.1, 0.15) is 24.2 Å². The number of thiophene rings is 1. The molecular formula is C23H14N7NaO3S. The summed E-state index contributed by atoms with van der Waals surface area (Å²) < 4.78 is 11.2. The van der Waals surface area contributed by atoms with Gasteiger partial charge in [-0.2, -0.15) is 10.5 Å². The summed E-state index contributed by atoms with van der Waals surface area (Å²) in [5.41, 5.74) is 3.65. The Bertz CT molecular complexity index is 1450. The average molecular weight is 491 g/mol. The summed E-state index contributed by atoms with van der Waals surface area (Å²) in [5, 5.41) is 28.1. The van der Waals surface area contributed by atoms with E-state index in [1.165, 1.54) is 0 Å². The van der Waals surface area contributed by atoms with E-state index in [0.717, 1.165) is 16.0 Å². The van der Waals surface area contributed by atoms with Gasteiger partial charge in [0.25, 0.3) is 0 Å². The maximum Gasteiger partial charge on any atom is 1.00 e. The number of nitrogens with one attached hydrogen (secondary N) is 1. The number of ether oxygens (including phenoxy) is 1. The molecule has 166 valence electrons. The van der Waals surface area contributed by atoms with Crippen molar-refractivity contribution in [2.45, 2.75) is 6.61 Å². The third-order valence-corrected chi connectivity index (χ3v) is 5.73. The standard InChI is InChI=1S/C23H15N7O3S.Na/c24-11-18-17(16-7-8-32-13-16)10-19(20-2-1-9-34-20)25-22(18)33-12-14-3-5-15(6-4-14)21(31)26-23-27-29-30-28-23;/h1-10,13H,12H2,(H2,26,27,28,29,30,31);/q;+1/p-1. The van der Waals surface area contributed by atoms with Crippen LogP contribution < -0.4 is 44.7 Å². The normalized spacial score (nSPS) is 10.3. The zero-order valence-electron chi connectivity index (χ0n) is 18.4. The summed E-state index contributed by atoms with van der Waals surface area (Å²) in [6.45, 7) is 0.155. The Morgan fingerprint density at radius 3 is 2.74 bits per heavy atom. The number of carbonyl (C=O) groups excluding carboxylic acids is 1. The number of nitrogens with zero attached hydrogens (tertiary/aromatic N) is 6. The molecule has 0 fully saturated rings. The van der Waals surface area contributed by atoms with Crippen molar-refractivity contribution in [3.63, 3.8) is 0 Å². The fourth-order valence-electron chi connectivity index (χ4n) is 3.20. The maximum absolute atomic E-state index is 12.3. The summed E-state index contributed by atoms with van der Waals surface area (Å²) in [5.74, 6) is -0.129. The minimum absolute atomic E-state index is 0. The molecule has 0 aliphatic rings. The molecule has 1 aromatic carbocycles. The van der Waals surface area contributed by atoms with Crippen LogP contribution >= 0.6 is 11.3 Å². The molecule has 0 bridgehead atoms. The predicted molar refractivity (Wildman–Crippen MR) is 122 cm³/mol. The molecule has 4 heterocycles. The second-order valence-electron chi connectivity index (χ2n) is 6.98. The minimum atomic E-state index is -0.385. The van der Waals surface area contributed by atoms with Crippen LogP contribution in [-0.4, -0.2) is 26.4 Å². The molecule has 1 amide bonds. The Hall–Kier alpha value is -3.82. The summed E-state index contributed by atoms with van der Waals surface area (Å²) in [4.78, 5) is 17.8. The number of anilines is 1. The van der Waals surface area contributed by atoms with Gasteiger partial charge in [0.15, 0.2) is 0 Å². The monoisotopic (exact) mass is 491 g/mol. The Morgan fingerprint density at radius 2 is 2.09 bits per heavy atom. The van der Waals surface area contributed by atoms with Crippen molar-refractivity contribution >= 4 is 23.2 Å². The molecule has 0 aliphatic carbocycles. The Balaban J connectivity index is 0.00000289. The van der Waals surface area contributed by atoms with Crippen LogP contribution in [0.3, 0.4) is 0 Å². The van der Waals surface area contributed by atoms with Crippen LogP contribution in [0.15, 0.2) is 70.9 Å². The average Bonchev–Trinajstić information content (AvgIpc) is 3.66. The van der Waals surface area contributed by atoms with Gasteiger partial charge in [0.05, 0.1) is 23.1 Å². The van der Waals surface area contributed by atoms with Crippen molar-refractivity contribution in [3.8, 4) is 33.6 Å². The second kappa shape index (κ2) is 11.1. The van der Waals surface area contributed by atoms with E-state index >= 15 is 0 Å². The number of aromatic nitrogens is 5. The summed E-state index contributed by atoms with van der Waals surface area (Å²) in [6, 6.07) is 16.5. The van der Waals surface area contributed by atoms with Crippen LogP contribution in [0, 0.1) is 11.3 Å². The van der Waals surface area contributed by atoms with Crippen molar-refractivity contribution in [3.05, 3.63) is 83.1 Å². The number of amides is 1. The number of carbonyl (C=O) groups is 1. The largest absolute Gasteiger partial charge is 1.00 e. The number of benzene rings is 1. The van der Waals surface area contributed by atoms with Crippen molar-refractivity contribution < 1.29 is 43.5 Å². The molecule has 35 heavy (non-hydrogen) atoms. The Kier molecular flexibility index (Phi) is 7.69. The van der Waals surface area contributed by atoms with Gasteiger partial charge in [-0.05, 0) is 29.1 Å². The van der Waals surface area contributed by atoms with E-state index in [1.54, 1.807) is 54.2 Å². The molecule has 4 aromatic heterocycles. The fourth-order valence-corrected chi connectivity index (χ4v) is 3.89. The first-order chi connectivity index (χ1) is 16.7. The second-order valence-corrected chi connectivity index (χ2v) is 7.93. The minimum Gasteiger partial charge on any atom is -0.472 e. The number of hydrogen-bond donors (Lipinski definition) is 1. The number of rotatable bonds is 7. The van der Waals surface area contributed by atoms with Gasteiger partial charge in [-0.25, -0.2) is 10.1 Å². The van der Waals surface area contributed by atoms with Gasteiger partial charge in [0.2, 0.25) is 11.8 Å². The fraction of sp³-hybridized carbons (Fsp3) is 0.0435. The quantitative estimate of drug-likeness (QED) is 0.329. The van der Waals surface area contributed by atoms with E-state index in [0.29, 0.717) is 22.4 Å². The van der Waals surface area contributed by atoms with Crippen molar-refractivity contribution in [2.75, 3.05) is 5.32 Å². The molecule has 0 saturated carbocycles. The number of pyridine rings is 1. The zero-order chi connectivity index (χ0) is 23.3. The van der Waals surface area contributed by atoms with Gasteiger partial charge in [0, 0.05) is 16.7 Å². The van der Waals surface area contributed by atoms with E-state index in [-0.39, 0.29) is 53.9 Å². The number of tetrazole rings is 1.